The number of nitrogens with zero attached hydrogens (tertiary/aromatic N) is 3. The number of rotatable bonds is 5. The van der Waals surface area contributed by atoms with Crippen LogP contribution in [0.1, 0.15) is 24.4 Å². The Morgan fingerprint density at radius 2 is 2.08 bits per heavy atom. The minimum absolute atomic E-state index is 0.00782. The van der Waals surface area contributed by atoms with Crippen LogP contribution >= 0.6 is 11.3 Å². The van der Waals surface area contributed by atoms with Gasteiger partial charge < -0.3 is 10.2 Å². The third kappa shape index (κ3) is 2.97. The van der Waals surface area contributed by atoms with Gasteiger partial charge in [-0.15, -0.1) is 11.3 Å². The van der Waals surface area contributed by atoms with Crippen molar-refractivity contribution in [1.82, 2.24) is 14.9 Å². The maximum Gasteiger partial charge on any atom is 0.222 e. The number of anilines is 1. The van der Waals surface area contributed by atoms with E-state index in [0.717, 1.165) is 34.6 Å². The van der Waals surface area contributed by atoms with Crippen molar-refractivity contribution >= 4 is 33.3 Å². The quantitative estimate of drug-likeness (QED) is 0.774. The van der Waals surface area contributed by atoms with Gasteiger partial charge in [0.2, 0.25) is 5.91 Å². The van der Waals surface area contributed by atoms with Gasteiger partial charge in [-0.2, -0.15) is 0 Å². The Kier molecular flexibility index (Phi) is 4.13. The zero-order chi connectivity index (χ0) is 16.4. The van der Waals surface area contributed by atoms with Gasteiger partial charge >= 0.3 is 0 Å². The van der Waals surface area contributed by atoms with Crippen LogP contribution in [0.4, 0.5) is 5.82 Å². The number of hydrogen-bond acceptors (Lipinski definition) is 5. The Hall–Kier alpha value is -2.47. The smallest absolute Gasteiger partial charge is 0.222 e. The van der Waals surface area contributed by atoms with E-state index < -0.39 is 0 Å². The minimum Gasteiger partial charge on any atom is -0.360 e. The molecule has 0 bridgehead atoms. The van der Waals surface area contributed by atoms with E-state index in [-0.39, 0.29) is 11.9 Å². The van der Waals surface area contributed by atoms with Crippen molar-refractivity contribution < 1.29 is 4.79 Å². The van der Waals surface area contributed by atoms with Crippen molar-refractivity contribution in [1.29, 1.82) is 0 Å². The number of thiophene rings is 1. The second-order valence-electron chi connectivity index (χ2n) is 5.91. The highest BCUT2D eigenvalue weighted by atomic mass is 32.1. The molecule has 1 amide bonds. The molecule has 6 heteroatoms. The second kappa shape index (κ2) is 6.57. The first-order valence-electron chi connectivity index (χ1n) is 8.09. The Bertz CT molecular complexity index is 848. The zero-order valence-electron chi connectivity index (χ0n) is 13.2. The van der Waals surface area contributed by atoms with Gasteiger partial charge in [0.15, 0.2) is 0 Å². The number of likely N-dealkylation sites (tertiary alicyclic amines) is 1. The third-order valence-corrected chi connectivity index (χ3v) is 5.24. The maximum absolute atomic E-state index is 12.0. The lowest BCUT2D eigenvalue weighted by molar-refractivity contribution is -0.127. The Morgan fingerprint density at radius 3 is 2.88 bits per heavy atom. The number of fused-ring (bicyclic) bond motifs is 1. The molecule has 1 N–H and O–H groups in total. The van der Waals surface area contributed by atoms with Gasteiger partial charge in [0.1, 0.15) is 12.1 Å². The number of amides is 1. The highest BCUT2D eigenvalue weighted by Gasteiger charge is 2.25. The summed E-state index contributed by atoms with van der Waals surface area (Å²) in [7, 11) is 0. The molecule has 4 rings (SSSR count). The molecule has 1 aliphatic rings. The molecule has 2 aromatic heterocycles. The zero-order valence-corrected chi connectivity index (χ0v) is 14.0. The number of carbonyl (C=O) groups excluding carboxylic acids is 1. The lowest BCUT2D eigenvalue weighted by atomic mass is 10.1. The van der Waals surface area contributed by atoms with E-state index in [1.807, 2.05) is 34.5 Å². The molecule has 3 heterocycles. The van der Waals surface area contributed by atoms with E-state index >= 15 is 0 Å². The molecule has 5 nitrogen and oxygen atoms in total. The molecule has 1 saturated heterocycles. The van der Waals surface area contributed by atoms with Crippen LogP contribution in [0, 0.1) is 0 Å². The van der Waals surface area contributed by atoms with Crippen LogP contribution in [-0.2, 0) is 4.79 Å². The van der Waals surface area contributed by atoms with Crippen LogP contribution in [0.2, 0.25) is 0 Å². The lowest BCUT2D eigenvalue weighted by Crippen LogP contribution is -2.32. The van der Waals surface area contributed by atoms with Crippen molar-refractivity contribution in [2.75, 3.05) is 18.4 Å². The summed E-state index contributed by atoms with van der Waals surface area (Å²) in [6, 6.07) is 12.2. The van der Waals surface area contributed by atoms with Gasteiger partial charge in [0.05, 0.1) is 16.3 Å². The monoisotopic (exact) mass is 338 g/mol. The van der Waals surface area contributed by atoms with Gasteiger partial charge in [-0.1, -0.05) is 30.3 Å². The van der Waals surface area contributed by atoms with Crippen LogP contribution in [0.15, 0.2) is 48.1 Å². The molecule has 24 heavy (non-hydrogen) atoms. The number of nitrogens with one attached hydrogen (secondary N) is 1. The van der Waals surface area contributed by atoms with Gasteiger partial charge in [-0.3, -0.25) is 4.79 Å². The molecule has 122 valence electrons. The SMILES string of the molecule is O=C1CCCN1C[C@@H](Nc1ncnc2ccsc12)c1ccccc1. The summed E-state index contributed by atoms with van der Waals surface area (Å²) >= 11 is 1.63. The number of aromatic nitrogens is 2. The van der Waals surface area contributed by atoms with E-state index in [4.69, 9.17) is 0 Å². The van der Waals surface area contributed by atoms with E-state index in [1.54, 1.807) is 17.7 Å². The topological polar surface area (TPSA) is 58.1 Å². The molecular weight excluding hydrogens is 320 g/mol. The summed E-state index contributed by atoms with van der Waals surface area (Å²) in [6.45, 7) is 1.49. The Morgan fingerprint density at radius 1 is 1.21 bits per heavy atom. The van der Waals surface area contributed by atoms with Gasteiger partial charge in [-0.25, -0.2) is 9.97 Å². The van der Waals surface area contributed by atoms with Crippen LogP contribution in [0.3, 0.4) is 0 Å². The maximum atomic E-state index is 12.0. The Balaban J connectivity index is 1.65. The fraction of sp³-hybridized carbons (Fsp3) is 0.278. The molecule has 0 radical (unpaired) electrons. The molecule has 3 aromatic rings. The summed E-state index contributed by atoms with van der Waals surface area (Å²) in [5.74, 6) is 1.07. The summed E-state index contributed by atoms with van der Waals surface area (Å²) in [4.78, 5) is 22.7. The fourth-order valence-corrected chi connectivity index (χ4v) is 3.89. The standard InChI is InChI=1S/C18H18N4OS/c23-16-7-4-9-22(16)11-15(13-5-2-1-3-6-13)21-18-17-14(8-10-24-17)19-12-20-18/h1-3,5-6,8,10,12,15H,4,7,9,11H2,(H,19,20,21)/t15-/m1/s1. The number of carbonyl (C=O) groups is 1. The minimum atomic E-state index is 0.00782. The third-order valence-electron chi connectivity index (χ3n) is 4.33. The highest BCUT2D eigenvalue weighted by Crippen LogP contribution is 2.29. The normalized spacial score (nSPS) is 15.8. The predicted molar refractivity (Wildman–Crippen MR) is 96.0 cm³/mol. The van der Waals surface area contributed by atoms with E-state index in [9.17, 15) is 4.79 Å². The summed E-state index contributed by atoms with van der Waals surface area (Å²) in [6.07, 6.45) is 3.19. The first kappa shape index (κ1) is 15.1. The van der Waals surface area contributed by atoms with Crippen LogP contribution in [0.25, 0.3) is 10.2 Å². The van der Waals surface area contributed by atoms with Crippen molar-refractivity contribution in [2.45, 2.75) is 18.9 Å². The highest BCUT2D eigenvalue weighted by molar-refractivity contribution is 7.17. The van der Waals surface area contributed by atoms with Crippen LogP contribution in [-0.4, -0.2) is 33.9 Å². The first-order chi connectivity index (χ1) is 11.8. The van der Waals surface area contributed by atoms with Gasteiger partial charge in [-0.05, 0) is 23.4 Å². The molecule has 0 aliphatic carbocycles. The number of hydrogen-bond donors (Lipinski definition) is 1. The predicted octanol–water partition coefficient (Wildman–Crippen LogP) is 3.47. The first-order valence-corrected chi connectivity index (χ1v) is 8.97. The van der Waals surface area contributed by atoms with Crippen molar-refractivity contribution in [3.05, 3.63) is 53.7 Å². The van der Waals surface area contributed by atoms with Crippen molar-refractivity contribution in [2.24, 2.45) is 0 Å². The average molecular weight is 338 g/mol. The van der Waals surface area contributed by atoms with Gasteiger partial charge in [0, 0.05) is 19.5 Å². The van der Waals surface area contributed by atoms with Crippen molar-refractivity contribution in [3.63, 3.8) is 0 Å². The molecule has 1 aromatic carbocycles. The largest absolute Gasteiger partial charge is 0.360 e. The molecule has 1 atom stereocenters. The second-order valence-corrected chi connectivity index (χ2v) is 6.82. The fourth-order valence-electron chi connectivity index (χ4n) is 3.09. The molecular formula is C18H18N4OS. The molecule has 0 saturated carbocycles. The lowest BCUT2D eigenvalue weighted by Gasteiger charge is -2.25. The van der Waals surface area contributed by atoms with Crippen LogP contribution < -0.4 is 5.32 Å². The van der Waals surface area contributed by atoms with E-state index in [0.29, 0.717) is 13.0 Å². The molecule has 1 aliphatic heterocycles. The average Bonchev–Trinajstić information content (AvgIpc) is 3.25. The molecule has 1 fully saturated rings. The summed E-state index contributed by atoms with van der Waals surface area (Å²) in [5, 5.41) is 5.56. The number of benzene rings is 1. The molecule has 0 spiro atoms. The summed E-state index contributed by atoms with van der Waals surface area (Å²) in [5.41, 5.74) is 2.10. The summed E-state index contributed by atoms with van der Waals surface area (Å²) < 4.78 is 1.05. The van der Waals surface area contributed by atoms with Crippen LogP contribution in [0.5, 0.6) is 0 Å². The van der Waals surface area contributed by atoms with E-state index in [1.165, 1.54) is 0 Å². The van der Waals surface area contributed by atoms with Gasteiger partial charge in [0.25, 0.3) is 0 Å². The Labute approximate surface area is 144 Å². The molecule has 0 unspecified atom stereocenters. The van der Waals surface area contributed by atoms with E-state index in [2.05, 4.69) is 27.4 Å². The van der Waals surface area contributed by atoms with Crippen molar-refractivity contribution in [3.8, 4) is 0 Å².